The van der Waals surface area contributed by atoms with Crippen LogP contribution in [0.3, 0.4) is 0 Å². The number of hydrogen-bond acceptors (Lipinski definition) is 4. The van der Waals surface area contributed by atoms with E-state index in [-0.39, 0.29) is 20.1 Å². The standard InChI is InChI=1S/C33H24N3O.C18H24GeN.Ir/c1-20-18-21(2)30(22(3)19-20)36-29-15-8-7-14-28(29)34-32(36)26-13-9-12-24-25-16-17-27(23-10-5-4-6-11-23)35-33(25)37-31(24)26;1-14(2)11-16-12-18(15-9-7-6-8-10-15)20-13-17(16)19(3,4)5;/h4-12,14-19H,1-3H3;6-9,12-14H,11H2,1-5H3;/q2*-1;. The monoisotopic (exact) mass is 999 g/mol. The van der Waals surface area contributed by atoms with Gasteiger partial charge in [0.1, 0.15) is 0 Å². The van der Waals surface area contributed by atoms with Crippen molar-refractivity contribution < 1.29 is 24.5 Å². The van der Waals surface area contributed by atoms with Crippen LogP contribution in [0.4, 0.5) is 0 Å². The summed E-state index contributed by atoms with van der Waals surface area (Å²) in [6.07, 6.45) is 3.27. The summed E-state index contributed by atoms with van der Waals surface area (Å²) in [5, 5.41) is 1.99. The van der Waals surface area contributed by atoms with Gasteiger partial charge in [-0.3, -0.25) is 4.98 Å². The van der Waals surface area contributed by atoms with E-state index in [1.54, 1.807) is 4.40 Å². The Labute approximate surface area is 358 Å². The van der Waals surface area contributed by atoms with Crippen molar-refractivity contribution in [3.05, 3.63) is 162 Å². The summed E-state index contributed by atoms with van der Waals surface area (Å²) in [5.41, 5.74) is 14.5. The van der Waals surface area contributed by atoms with Gasteiger partial charge in [-0.15, -0.1) is 18.2 Å². The molecule has 0 aliphatic rings. The van der Waals surface area contributed by atoms with Crippen molar-refractivity contribution in [1.29, 1.82) is 0 Å². The number of furan rings is 1. The van der Waals surface area contributed by atoms with Crippen LogP contribution in [0.1, 0.15) is 36.1 Å². The quantitative estimate of drug-likeness (QED) is 0.118. The zero-order chi connectivity index (χ0) is 39.8. The molecule has 293 valence electrons. The average molecular weight is 998 g/mol. The van der Waals surface area contributed by atoms with E-state index >= 15 is 0 Å². The molecule has 5 aromatic carbocycles. The van der Waals surface area contributed by atoms with Crippen molar-refractivity contribution >= 4 is 50.8 Å². The first-order chi connectivity index (χ1) is 27.5. The van der Waals surface area contributed by atoms with Crippen LogP contribution in [0.2, 0.25) is 17.3 Å². The molecule has 0 atom stereocenters. The molecular weight excluding hydrogens is 949 g/mol. The molecule has 7 heteroatoms. The van der Waals surface area contributed by atoms with Gasteiger partial charge >= 0.3 is 126 Å². The minimum atomic E-state index is -1.86. The van der Waals surface area contributed by atoms with Crippen molar-refractivity contribution in [1.82, 2.24) is 19.5 Å². The van der Waals surface area contributed by atoms with E-state index in [1.807, 2.05) is 54.6 Å². The van der Waals surface area contributed by atoms with Gasteiger partial charge in [-0.2, -0.15) is 0 Å². The maximum atomic E-state index is 6.47. The van der Waals surface area contributed by atoms with Crippen LogP contribution in [-0.2, 0) is 26.5 Å². The van der Waals surface area contributed by atoms with Crippen LogP contribution in [0.15, 0.2) is 132 Å². The number of hydrogen-bond donors (Lipinski definition) is 0. The Morgan fingerprint density at radius 1 is 0.724 bits per heavy atom. The minimum Gasteiger partial charge on any atom is -0.486 e. The molecule has 9 rings (SSSR count). The van der Waals surface area contributed by atoms with Gasteiger partial charge in [-0.05, 0) is 56.2 Å². The molecule has 58 heavy (non-hydrogen) atoms. The fraction of sp³-hybridized carbons (Fsp3) is 0.196. The smallest absolute Gasteiger partial charge is 0.216 e. The van der Waals surface area contributed by atoms with Crippen LogP contribution < -0.4 is 4.40 Å². The molecule has 0 saturated heterocycles. The Balaban J connectivity index is 0.000000208. The molecule has 5 nitrogen and oxygen atoms in total. The second-order valence-corrected chi connectivity index (χ2v) is 27.0. The number of imidazole rings is 1. The van der Waals surface area contributed by atoms with Crippen molar-refractivity contribution in [2.75, 3.05) is 0 Å². The molecule has 0 unspecified atom stereocenters. The Kier molecular flexibility index (Phi) is 12.0. The van der Waals surface area contributed by atoms with Crippen LogP contribution in [0.25, 0.3) is 72.7 Å². The van der Waals surface area contributed by atoms with Gasteiger partial charge in [-0.25, -0.2) is 4.98 Å². The van der Waals surface area contributed by atoms with Gasteiger partial charge in [0, 0.05) is 36.7 Å². The molecule has 0 bridgehead atoms. The second kappa shape index (κ2) is 17.0. The summed E-state index contributed by atoms with van der Waals surface area (Å²) < 4.78 is 10.3. The summed E-state index contributed by atoms with van der Waals surface area (Å²) in [6.45, 7) is 11.0. The molecule has 0 saturated carbocycles. The number of fused-ring (bicyclic) bond motifs is 4. The molecule has 0 amide bonds. The zero-order valence-electron chi connectivity index (χ0n) is 34.4. The van der Waals surface area contributed by atoms with Crippen molar-refractivity contribution in [2.45, 2.75) is 58.3 Å². The SMILES string of the molecule is CC(C)Cc1cc(-c2[c-]cccc2)nc[c]1[Ge]([CH3])([CH3])[CH3].Cc1cc(C)c(-n2c(-c3[c-]ccc4c3oc3nc(-c5ccccc5)ccc34)nc3ccccc32)c(C)c1.[Ir]. The number of rotatable bonds is 7. The fourth-order valence-corrected chi connectivity index (χ4v) is 11.3. The Morgan fingerprint density at radius 2 is 1.45 bits per heavy atom. The summed E-state index contributed by atoms with van der Waals surface area (Å²) in [7, 11) is 0. The molecule has 9 aromatic rings. The van der Waals surface area contributed by atoms with Gasteiger partial charge in [0.15, 0.2) is 0 Å². The molecule has 4 heterocycles. The molecule has 0 aliphatic carbocycles. The van der Waals surface area contributed by atoms with E-state index in [1.165, 1.54) is 22.3 Å². The van der Waals surface area contributed by atoms with Gasteiger partial charge in [0.05, 0.1) is 28.1 Å². The Morgan fingerprint density at radius 3 is 2.16 bits per heavy atom. The fourth-order valence-electron chi connectivity index (χ4n) is 7.98. The average Bonchev–Trinajstić information content (AvgIpc) is 3.76. The third kappa shape index (κ3) is 8.24. The molecule has 4 aromatic heterocycles. The van der Waals surface area contributed by atoms with E-state index in [0.717, 1.165) is 73.4 Å². The summed E-state index contributed by atoms with van der Waals surface area (Å²) in [6, 6.07) is 48.1. The Bertz CT molecular complexity index is 2850. The normalized spacial score (nSPS) is 11.5. The maximum Gasteiger partial charge on any atom is 0.216 e. The number of benzene rings is 5. The molecule has 0 fully saturated rings. The van der Waals surface area contributed by atoms with E-state index in [0.29, 0.717) is 11.6 Å². The van der Waals surface area contributed by atoms with Crippen molar-refractivity contribution in [3.63, 3.8) is 0 Å². The minimum absolute atomic E-state index is 0. The molecule has 0 N–H and O–H groups in total. The van der Waals surface area contributed by atoms with Crippen LogP contribution in [0, 0.1) is 38.8 Å². The molecule has 0 aliphatic heterocycles. The number of nitrogens with zero attached hydrogens (tertiary/aromatic N) is 4. The number of para-hydroxylation sites is 2. The predicted octanol–water partition coefficient (Wildman–Crippen LogP) is 12.7. The van der Waals surface area contributed by atoms with E-state index in [2.05, 4.69) is 142 Å². The number of aryl methyl sites for hydroxylation is 3. The molecular formula is C51H48GeIrN4O-2. The number of pyridine rings is 2. The van der Waals surface area contributed by atoms with Gasteiger partial charge in [0.2, 0.25) is 5.71 Å². The van der Waals surface area contributed by atoms with Gasteiger partial charge < -0.3 is 8.98 Å². The van der Waals surface area contributed by atoms with Crippen molar-refractivity contribution in [3.8, 4) is 39.6 Å². The van der Waals surface area contributed by atoms with E-state index < -0.39 is 13.3 Å². The molecule has 0 spiro atoms. The number of aromatic nitrogens is 4. The van der Waals surface area contributed by atoms with Crippen LogP contribution in [-0.4, -0.2) is 32.8 Å². The first kappa shape index (κ1) is 41.0. The zero-order valence-corrected chi connectivity index (χ0v) is 38.9. The second-order valence-electron chi connectivity index (χ2n) is 16.5. The summed E-state index contributed by atoms with van der Waals surface area (Å²) >= 11 is -1.86. The van der Waals surface area contributed by atoms with E-state index in [4.69, 9.17) is 19.4 Å². The predicted molar refractivity (Wildman–Crippen MR) is 240 cm³/mol. The molecule has 1 radical (unpaired) electrons. The van der Waals surface area contributed by atoms with Crippen LogP contribution >= 0.6 is 0 Å². The van der Waals surface area contributed by atoms with Gasteiger partial charge in [0.25, 0.3) is 0 Å². The topological polar surface area (TPSA) is 56.7 Å². The summed E-state index contributed by atoms with van der Waals surface area (Å²) in [5.74, 6) is 8.80. The maximum absolute atomic E-state index is 6.47. The Hall–Kier alpha value is -5.14. The van der Waals surface area contributed by atoms with Gasteiger partial charge in [-0.1, -0.05) is 71.1 Å². The first-order valence-electron chi connectivity index (χ1n) is 19.8. The summed E-state index contributed by atoms with van der Waals surface area (Å²) in [4.78, 5) is 14.7. The van der Waals surface area contributed by atoms with E-state index in [9.17, 15) is 0 Å². The van der Waals surface area contributed by atoms with Crippen molar-refractivity contribution in [2.24, 2.45) is 5.92 Å². The van der Waals surface area contributed by atoms with Crippen LogP contribution in [0.5, 0.6) is 0 Å². The third-order valence-corrected chi connectivity index (χ3v) is 14.8. The third-order valence-electron chi connectivity index (χ3n) is 10.4. The first-order valence-corrected chi connectivity index (χ1v) is 27.1. The largest absolute Gasteiger partial charge is 0.486 e.